The SMILES string of the molecule is CN=C/C=C(\N)c1ccccc1. The van der Waals surface area contributed by atoms with Crippen molar-refractivity contribution in [3.63, 3.8) is 0 Å². The summed E-state index contributed by atoms with van der Waals surface area (Å²) in [6.45, 7) is 0. The third kappa shape index (κ3) is 2.23. The fourth-order valence-electron chi connectivity index (χ4n) is 0.882. The highest BCUT2D eigenvalue weighted by Gasteiger charge is 1.90. The number of nitrogens with two attached hydrogens (primary N) is 1. The minimum atomic E-state index is 0.737. The first-order chi connectivity index (χ1) is 5.84. The molecule has 0 fully saturated rings. The Labute approximate surface area is 72.4 Å². The van der Waals surface area contributed by atoms with Crippen molar-refractivity contribution in [2.75, 3.05) is 7.05 Å². The summed E-state index contributed by atoms with van der Waals surface area (Å²) >= 11 is 0. The van der Waals surface area contributed by atoms with Gasteiger partial charge in [-0.2, -0.15) is 0 Å². The van der Waals surface area contributed by atoms with Gasteiger partial charge in [-0.25, -0.2) is 0 Å². The first-order valence-corrected chi connectivity index (χ1v) is 3.78. The van der Waals surface area contributed by atoms with Crippen molar-refractivity contribution in [1.29, 1.82) is 0 Å². The van der Waals surface area contributed by atoms with E-state index in [1.165, 1.54) is 0 Å². The van der Waals surface area contributed by atoms with Crippen molar-refractivity contribution >= 4 is 11.9 Å². The molecule has 2 heteroatoms. The molecule has 0 bridgehead atoms. The van der Waals surface area contributed by atoms with E-state index in [1.54, 1.807) is 19.3 Å². The fraction of sp³-hybridized carbons (Fsp3) is 0.100. The first kappa shape index (κ1) is 8.53. The Morgan fingerprint density at radius 2 is 2.00 bits per heavy atom. The van der Waals surface area contributed by atoms with Gasteiger partial charge in [0.25, 0.3) is 0 Å². The van der Waals surface area contributed by atoms with Gasteiger partial charge in [-0.05, 0) is 11.6 Å². The van der Waals surface area contributed by atoms with Crippen LogP contribution in [0.1, 0.15) is 5.56 Å². The Bertz CT molecular complexity index is 286. The minimum absolute atomic E-state index is 0.737. The van der Waals surface area contributed by atoms with Gasteiger partial charge in [0.1, 0.15) is 0 Å². The van der Waals surface area contributed by atoms with Gasteiger partial charge in [-0.15, -0.1) is 0 Å². The second-order valence-corrected chi connectivity index (χ2v) is 2.40. The van der Waals surface area contributed by atoms with Gasteiger partial charge in [-0.3, -0.25) is 4.99 Å². The Hall–Kier alpha value is -1.57. The van der Waals surface area contributed by atoms with E-state index in [-0.39, 0.29) is 0 Å². The molecule has 0 saturated heterocycles. The molecule has 0 aromatic heterocycles. The lowest BCUT2D eigenvalue weighted by Gasteiger charge is -1.97. The molecule has 0 aliphatic heterocycles. The van der Waals surface area contributed by atoms with Crippen LogP contribution in [0.3, 0.4) is 0 Å². The number of allylic oxidation sites excluding steroid dienone is 1. The third-order valence-electron chi connectivity index (χ3n) is 1.51. The van der Waals surface area contributed by atoms with Crippen LogP contribution in [0.2, 0.25) is 0 Å². The lowest BCUT2D eigenvalue weighted by Crippen LogP contribution is -1.95. The van der Waals surface area contributed by atoms with E-state index >= 15 is 0 Å². The highest BCUT2D eigenvalue weighted by molar-refractivity contribution is 5.83. The molecule has 0 aliphatic rings. The van der Waals surface area contributed by atoms with E-state index in [1.807, 2.05) is 30.3 Å². The normalized spacial score (nSPS) is 12.2. The zero-order valence-corrected chi connectivity index (χ0v) is 7.07. The molecule has 0 saturated carbocycles. The highest BCUT2D eigenvalue weighted by atomic mass is 14.6. The lowest BCUT2D eigenvalue weighted by atomic mass is 10.1. The second-order valence-electron chi connectivity index (χ2n) is 2.40. The van der Waals surface area contributed by atoms with Crippen molar-refractivity contribution < 1.29 is 0 Å². The van der Waals surface area contributed by atoms with Gasteiger partial charge in [-0.1, -0.05) is 30.3 Å². The Kier molecular flexibility index (Phi) is 3.08. The number of hydrogen-bond acceptors (Lipinski definition) is 2. The van der Waals surface area contributed by atoms with Crippen LogP contribution < -0.4 is 5.73 Å². The molecule has 1 aromatic carbocycles. The van der Waals surface area contributed by atoms with Crippen molar-refractivity contribution in [2.45, 2.75) is 0 Å². The summed E-state index contributed by atoms with van der Waals surface area (Å²) in [5.74, 6) is 0. The summed E-state index contributed by atoms with van der Waals surface area (Å²) in [5.41, 5.74) is 7.51. The second kappa shape index (κ2) is 4.34. The van der Waals surface area contributed by atoms with E-state index in [9.17, 15) is 0 Å². The van der Waals surface area contributed by atoms with Crippen LogP contribution in [-0.4, -0.2) is 13.3 Å². The van der Waals surface area contributed by atoms with E-state index < -0.39 is 0 Å². The van der Waals surface area contributed by atoms with Crippen molar-refractivity contribution in [3.05, 3.63) is 42.0 Å². The summed E-state index contributed by atoms with van der Waals surface area (Å²) in [7, 11) is 1.72. The van der Waals surface area contributed by atoms with Crippen LogP contribution in [0.5, 0.6) is 0 Å². The van der Waals surface area contributed by atoms with Crippen LogP contribution >= 0.6 is 0 Å². The van der Waals surface area contributed by atoms with Gasteiger partial charge in [0, 0.05) is 19.0 Å². The number of aliphatic imine (C=N–C) groups is 1. The van der Waals surface area contributed by atoms with Crippen molar-refractivity contribution in [1.82, 2.24) is 0 Å². The summed E-state index contributed by atoms with van der Waals surface area (Å²) in [5, 5.41) is 0. The van der Waals surface area contributed by atoms with Gasteiger partial charge < -0.3 is 5.73 Å². The predicted octanol–water partition coefficient (Wildman–Crippen LogP) is 1.69. The average molecular weight is 160 g/mol. The number of rotatable bonds is 2. The van der Waals surface area contributed by atoms with Gasteiger partial charge in [0.2, 0.25) is 0 Å². The summed E-state index contributed by atoms with van der Waals surface area (Å²) in [6.07, 6.45) is 3.47. The topological polar surface area (TPSA) is 38.4 Å². The smallest absolute Gasteiger partial charge is 0.0402 e. The molecule has 0 radical (unpaired) electrons. The van der Waals surface area contributed by atoms with Crippen molar-refractivity contribution in [3.8, 4) is 0 Å². The maximum Gasteiger partial charge on any atom is 0.0402 e. The maximum absolute atomic E-state index is 5.75. The quantitative estimate of drug-likeness (QED) is 0.657. The summed E-state index contributed by atoms with van der Waals surface area (Å²) in [4.78, 5) is 3.82. The Morgan fingerprint density at radius 1 is 1.33 bits per heavy atom. The molecule has 62 valence electrons. The van der Waals surface area contributed by atoms with E-state index in [0.717, 1.165) is 11.3 Å². The van der Waals surface area contributed by atoms with Crippen LogP contribution in [-0.2, 0) is 0 Å². The van der Waals surface area contributed by atoms with E-state index in [4.69, 9.17) is 5.73 Å². The Balaban J connectivity index is 2.85. The molecule has 0 amide bonds. The Morgan fingerprint density at radius 3 is 2.58 bits per heavy atom. The molecular formula is C10H12N2. The lowest BCUT2D eigenvalue weighted by molar-refractivity contribution is 1.47. The fourth-order valence-corrected chi connectivity index (χ4v) is 0.882. The molecule has 0 spiro atoms. The standard InChI is InChI=1S/C10H12N2/c1-12-8-7-10(11)9-5-3-2-4-6-9/h2-8H,11H2,1H3/b10-7-,12-8?. The number of nitrogens with zero attached hydrogens (tertiary/aromatic N) is 1. The third-order valence-corrected chi connectivity index (χ3v) is 1.51. The molecule has 2 nitrogen and oxygen atoms in total. The zero-order valence-electron chi connectivity index (χ0n) is 7.07. The molecule has 0 heterocycles. The molecule has 0 aliphatic carbocycles. The maximum atomic E-state index is 5.75. The molecule has 0 unspecified atom stereocenters. The number of benzene rings is 1. The van der Waals surface area contributed by atoms with E-state index in [2.05, 4.69) is 4.99 Å². The molecule has 1 rings (SSSR count). The summed E-state index contributed by atoms with van der Waals surface area (Å²) < 4.78 is 0. The van der Waals surface area contributed by atoms with Gasteiger partial charge >= 0.3 is 0 Å². The van der Waals surface area contributed by atoms with Crippen LogP contribution in [0, 0.1) is 0 Å². The zero-order chi connectivity index (χ0) is 8.81. The molecular weight excluding hydrogens is 148 g/mol. The monoisotopic (exact) mass is 160 g/mol. The van der Waals surface area contributed by atoms with Crippen molar-refractivity contribution in [2.24, 2.45) is 10.7 Å². The largest absolute Gasteiger partial charge is 0.398 e. The molecule has 12 heavy (non-hydrogen) atoms. The number of hydrogen-bond donors (Lipinski definition) is 1. The molecule has 2 N–H and O–H groups in total. The van der Waals surface area contributed by atoms with Crippen LogP contribution in [0.15, 0.2) is 41.4 Å². The van der Waals surface area contributed by atoms with E-state index in [0.29, 0.717) is 0 Å². The molecule has 1 aromatic rings. The summed E-state index contributed by atoms with van der Waals surface area (Å²) in [6, 6.07) is 9.81. The highest BCUT2D eigenvalue weighted by Crippen LogP contribution is 2.05. The van der Waals surface area contributed by atoms with Crippen LogP contribution in [0.4, 0.5) is 0 Å². The molecule has 0 atom stereocenters. The first-order valence-electron chi connectivity index (χ1n) is 3.78. The minimum Gasteiger partial charge on any atom is -0.398 e. The van der Waals surface area contributed by atoms with Gasteiger partial charge in [0.05, 0.1) is 0 Å². The average Bonchev–Trinajstić information content (AvgIpc) is 2.15. The van der Waals surface area contributed by atoms with Gasteiger partial charge in [0.15, 0.2) is 0 Å². The predicted molar refractivity (Wildman–Crippen MR) is 53.0 cm³/mol. The van der Waals surface area contributed by atoms with Crippen LogP contribution in [0.25, 0.3) is 5.70 Å².